The fourth-order valence-corrected chi connectivity index (χ4v) is 3.23. The molecule has 7 nitrogen and oxygen atoms in total. The first-order chi connectivity index (χ1) is 14.3. The predicted octanol–water partition coefficient (Wildman–Crippen LogP) is 2.74. The fraction of sp³-hybridized carbons (Fsp3) is 0.0952. The number of benzene rings is 2. The van der Waals surface area contributed by atoms with Crippen molar-refractivity contribution < 1.29 is 9.18 Å². The molecule has 0 aliphatic carbocycles. The molecule has 0 atom stereocenters. The lowest BCUT2D eigenvalue weighted by Crippen LogP contribution is -2.39. The Morgan fingerprint density at radius 3 is 2.63 bits per heavy atom. The average Bonchev–Trinajstić information content (AvgIpc) is 2.72. The molecule has 3 N–H and O–H groups in total. The number of hydrogen-bond acceptors (Lipinski definition) is 4. The molecule has 0 spiro atoms. The summed E-state index contributed by atoms with van der Waals surface area (Å²) in [6.07, 6.45) is 2.42. The van der Waals surface area contributed by atoms with Gasteiger partial charge in [-0.1, -0.05) is 46.3 Å². The number of anilines is 2. The van der Waals surface area contributed by atoms with Crippen LogP contribution >= 0.6 is 15.9 Å². The summed E-state index contributed by atoms with van der Waals surface area (Å²) in [5.74, 6) is -1.26. The van der Waals surface area contributed by atoms with Crippen LogP contribution in [0.4, 0.5) is 15.9 Å². The highest BCUT2D eigenvalue weighted by Crippen LogP contribution is 2.19. The van der Waals surface area contributed by atoms with Gasteiger partial charge in [0.05, 0.1) is 6.54 Å². The van der Waals surface area contributed by atoms with Gasteiger partial charge < -0.3 is 10.6 Å². The van der Waals surface area contributed by atoms with Crippen LogP contribution in [0.1, 0.15) is 11.1 Å². The molecule has 1 aromatic heterocycles. The van der Waals surface area contributed by atoms with Gasteiger partial charge in [0, 0.05) is 23.2 Å². The highest BCUT2D eigenvalue weighted by atomic mass is 79.9. The van der Waals surface area contributed by atoms with E-state index in [-0.39, 0.29) is 23.6 Å². The van der Waals surface area contributed by atoms with Crippen LogP contribution in [0.2, 0.25) is 0 Å². The number of nitrogens with two attached hydrogens (primary N) is 1. The van der Waals surface area contributed by atoms with Crippen molar-refractivity contribution in [2.45, 2.75) is 6.54 Å². The van der Waals surface area contributed by atoms with Gasteiger partial charge in [-0.2, -0.15) is 0 Å². The molecule has 3 aromatic rings. The van der Waals surface area contributed by atoms with Crippen molar-refractivity contribution in [3.63, 3.8) is 0 Å². The standard InChI is InChI=1S/C21H18BrFN4O3/c1-26(17(28)10-7-14-11-15(22)8-9-16(14)23)18-19(24)27(21(30)25-20(18)29)12-13-5-3-2-4-6-13/h2-11H,12,24H2,1H3,(H,25,29,30)/b10-7+. The van der Waals surface area contributed by atoms with Gasteiger partial charge in [-0.15, -0.1) is 0 Å². The molecule has 30 heavy (non-hydrogen) atoms. The zero-order valence-corrected chi connectivity index (χ0v) is 17.5. The number of nitrogen functional groups attached to an aromatic ring is 1. The van der Waals surface area contributed by atoms with Gasteiger partial charge in [-0.25, -0.2) is 9.18 Å². The molecule has 3 rings (SSSR count). The number of aromatic nitrogens is 2. The molecular weight excluding hydrogens is 455 g/mol. The molecule has 0 saturated carbocycles. The van der Waals surface area contributed by atoms with E-state index in [1.807, 2.05) is 18.2 Å². The minimum atomic E-state index is -0.792. The van der Waals surface area contributed by atoms with E-state index < -0.39 is 23.0 Å². The quantitative estimate of drug-likeness (QED) is 0.557. The normalized spacial score (nSPS) is 11.0. The first-order valence-corrected chi connectivity index (χ1v) is 9.64. The van der Waals surface area contributed by atoms with Crippen LogP contribution in [0.25, 0.3) is 6.08 Å². The molecule has 1 amide bonds. The molecule has 0 saturated heterocycles. The van der Waals surface area contributed by atoms with E-state index in [0.29, 0.717) is 4.47 Å². The van der Waals surface area contributed by atoms with Crippen LogP contribution in [0, 0.1) is 5.82 Å². The number of rotatable bonds is 5. The zero-order chi connectivity index (χ0) is 21.8. The van der Waals surface area contributed by atoms with E-state index in [1.165, 1.54) is 35.9 Å². The summed E-state index contributed by atoms with van der Waals surface area (Å²) in [5.41, 5.74) is 5.43. The van der Waals surface area contributed by atoms with E-state index in [1.54, 1.807) is 12.1 Å². The summed E-state index contributed by atoms with van der Waals surface area (Å²) in [6.45, 7) is 0.121. The van der Waals surface area contributed by atoms with Gasteiger partial charge in [-0.05, 0) is 29.8 Å². The lowest BCUT2D eigenvalue weighted by atomic mass is 10.2. The lowest BCUT2D eigenvalue weighted by molar-refractivity contribution is -0.113. The smallest absolute Gasteiger partial charge is 0.330 e. The highest BCUT2D eigenvalue weighted by Gasteiger charge is 2.19. The summed E-state index contributed by atoms with van der Waals surface area (Å²) in [7, 11) is 1.35. The van der Waals surface area contributed by atoms with Gasteiger partial charge in [0.2, 0.25) is 0 Å². The van der Waals surface area contributed by atoms with E-state index in [2.05, 4.69) is 20.9 Å². The van der Waals surface area contributed by atoms with Crippen molar-refractivity contribution in [2.75, 3.05) is 17.7 Å². The van der Waals surface area contributed by atoms with Crippen molar-refractivity contribution in [3.05, 3.63) is 96.9 Å². The van der Waals surface area contributed by atoms with Gasteiger partial charge >= 0.3 is 5.69 Å². The van der Waals surface area contributed by atoms with Crippen LogP contribution in [-0.2, 0) is 11.3 Å². The summed E-state index contributed by atoms with van der Waals surface area (Å²) < 4.78 is 15.7. The summed E-state index contributed by atoms with van der Waals surface area (Å²) in [5, 5.41) is 0. The van der Waals surface area contributed by atoms with Crippen molar-refractivity contribution in [2.24, 2.45) is 0 Å². The second kappa shape index (κ2) is 8.91. The number of carbonyl (C=O) groups is 1. The summed E-state index contributed by atoms with van der Waals surface area (Å²) >= 11 is 3.24. The van der Waals surface area contributed by atoms with Crippen LogP contribution < -0.4 is 21.9 Å². The summed E-state index contributed by atoms with van der Waals surface area (Å²) in [6, 6.07) is 13.4. The van der Waals surface area contributed by atoms with Crippen LogP contribution in [0.15, 0.2) is 68.7 Å². The molecule has 0 unspecified atom stereocenters. The topological polar surface area (TPSA) is 101 Å². The highest BCUT2D eigenvalue weighted by molar-refractivity contribution is 9.10. The second-order valence-corrected chi connectivity index (χ2v) is 7.38. The van der Waals surface area contributed by atoms with Crippen molar-refractivity contribution >= 4 is 39.4 Å². The molecular formula is C21H18BrFN4O3. The second-order valence-electron chi connectivity index (χ2n) is 6.46. The first-order valence-electron chi connectivity index (χ1n) is 8.85. The predicted molar refractivity (Wildman–Crippen MR) is 118 cm³/mol. The number of carbonyl (C=O) groups excluding carboxylic acids is 1. The van der Waals surface area contributed by atoms with Crippen LogP contribution in [-0.4, -0.2) is 22.5 Å². The fourth-order valence-electron chi connectivity index (χ4n) is 2.85. The van der Waals surface area contributed by atoms with E-state index in [4.69, 9.17) is 5.73 Å². The Kier molecular flexibility index (Phi) is 6.31. The largest absolute Gasteiger partial charge is 0.383 e. The summed E-state index contributed by atoms with van der Waals surface area (Å²) in [4.78, 5) is 40.4. The average molecular weight is 473 g/mol. The molecule has 154 valence electrons. The Bertz CT molecular complexity index is 1240. The number of aromatic amines is 1. The molecule has 0 bridgehead atoms. The maximum absolute atomic E-state index is 13.9. The lowest BCUT2D eigenvalue weighted by Gasteiger charge is -2.19. The number of halogens is 2. The van der Waals surface area contributed by atoms with Gasteiger partial charge in [0.25, 0.3) is 11.5 Å². The van der Waals surface area contributed by atoms with Gasteiger partial charge in [-0.3, -0.25) is 19.1 Å². The van der Waals surface area contributed by atoms with E-state index in [9.17, 15) is 18.8 Å². The van der Waals surface area contributed by atoms with Crippen molar-refractivity contribution in [1.82, 2.24) is 9.55 Å². The minimum absolute atomic E-state index is 0.121. The molecule has 0 aliphatic rings. The molecule has 9 heteroatoms. The first kappa shape index (κ1) is 21.3. The number of hydrogen-bond donors (Lipinski definition) is 2. The number of H-pyrrole nitrogens is 1. The molecule has 1 heterocycles. The monoisotopic (exact) mass is 472 g/mol. The van der Waals surface area contributed by atoms with Crippen LogP contribution in [0.5, 0.6) is 0 Å². The minimum Gasteiger partial charge on any atom is -0.383 e. The van der Waals surface area contributed by atoms with Crippen LogP contribution in [0.3, 0.4) is 0 Å². The Morgan fingerprint density at radius 1 is 1.23 bits per heavy atom. The van der Waals surface area contributed by atoms with Crippen molar-refractivity contribution in [3.8, 4) is 0 Å². The van der Waals surface area contributed by atoms with Gasteiger partial charge in [0.15, 0.2) is 5.69 Å². The number of amides is 1. The van der Waals surface area contributed by atoms with Gasteiger partial charge in [0.1, 0.15) is 11.6 Å². The molecule has 0 aliphatic heterocycles. The molecule has 0 radical (unpaired) electrons. The number of nitrogens with one attached hydrogen (secondary N) is 1. The zero-order valence-electron chi connectivity index (χ0n) is 15.9. The third-order valence-electron chi connectivity index (χ3n) is 4.43. The van der Waals surface area contributed by atoms with E-state index in [0.717, 1.165) is 16.5 Å². The van der Waals surface area contributed by atoms with E-state index >= 15 is 0 Å². The number of nitrogens with zero attached hydrogens (tertiary/aromatic N) is 2. The van der Waals surface area contributed by atoms with Crippen molar-refractivity contribution in [1.29, 1.82) is 0 Å². The Labute approximate surface area is 179 Å². The third kappa shape index (κ3) is 4.57. The maximum atomic E-state index is 13.9. The third-order valence-corrected chi connectivity index (χ3v) is 4.92. The molecule has 2 aromatic carbocycles. The SMILES string of the molecule is CN(C(=O)/C=C/c1cc(Br)ccc1F)c1c(N)n(Cc2ccccc2)c(=O)[nH]c1=O. The Morgan fingerprint density at radius 2 is 1.93 bits per heavy atom. The maximum Gasteiger partial charge on any atom is 0.330 e. The Balaban J connectivity index is 1.94. The Hall–Kier alpha value is -3.46. The molecule has 0 fully saturated rings. The number of likely N-dealkylation sites (N-methyl/N-ethyl adjacent to an activating group) is 1.